The molecule has 0 bridgehead atoms. The van der Waals surface area contributed by atoms with Crippen molar-refractivity contribution < 1.29 is 0 Å². The largest absolute Gasteiger partial charge is 0.314 e. The number of hydrogen-bond donors (Lipinski definition) is 1. The molecule has 2 rings (SSSR count). The van der Waals surface area contributed by atoms with Crippen molar-refractivity contribution in [3.8, 4) is 0 Å². The Hall–Kier alpha value is -0.280. The highest BCUT2D eigenvalue weighted by molar-refractivity contribution is 6.33. The first-order valence-electron chi connectivity index (χ1n) is 7.01. The lowest BCUT2D eigenvalue weighted by Gasteiger charge is -2.47. The SMILES string of the molecule is CCC1(CC)CNCCN1Cc1cc(Cl)ccc1Cl. The molecule has 1 aromatic carbocycles. The average Bonchev–Trinajstić information content (AvgIpc) is 2.44. The quantitative estimate of drug-likeness (QED) is 0.905. The normalized spacial score (nSPS) is 19.6. The molecule has 0 radical (unpaired) electrons. The van der Waals surface area contributed by atoms with E-state index >= 15 is 0 Å². The molecular weight excluding hydrogens is 279 g/mol. The number of nitrogens with one attached hydrogen (secondary N) is 1. The molecule has 0 atom stereocenters. The van der Waals surface area contributed by atoms with Crippen LogP contribution in [0.3, 0.4) is 0 Å². The summed E-state index contributed by atoms with van der Waals surface area (Å²) < 4.78 is 0. The van der Waals surface area contributed by atoms with Crippen LogP contribution in [0.1, 0.15) is 32.3 Å². The van der Waals surface area contributed by atoms with Crippen LogP contribution >= 0.6 is 23.2 Å². The summed E-state index contributed by atoms with van der Waals surface area (Å²) in [5.41, 5.74) is 1.37. The van der Waals surface area contributed by atoms with Gasteiger partial charge in [0, 0.05) is 41.8 Å². The van der Waals surface area contributed by atoms with Crippen molar-refractivity contribution in [1.82, 2.24) is 10.2 Å². The van der Waals surface area contributed by atoms with Crippen molar-refractivity contribution in [3.63, 3.8) is 0 Å². The molecule has 2 nitrogen and oxygen atoms in total. The van der Waals surface area contributed by atoms with Crippen LogP contribution < -0.4 is 5.32 Å². The molecule has 1 fully saturated rings. The molecule has 1 aromatic rings. The van der Waals surface area contributed by atoms with Crippen molar-refractivity contribution in [3.05, 3.63) is 33.8 Å². The minimum atomic E-state index is 0.240. The zero-order chi connectivity index (χ0) is 13.9. The van der Waals surface area contributed by atoms with Crippen molar-refractivity contribution in [2.75, 3.05) is 19.6 Å². The minimum absolute atomic E-state index is 0.240. The Morgan fingerprint density at radius 3 is 2.68 bits per heavy atom. The third-order valence-electron chi connectivity index (χ3n) is 4.37. The van der Waals surface area contributed by atoms with Gasteiger partial charge < -0.3 is 5.32 Å². The fourth-order valence-corrected chi connectivity index (χ4v) is 3.32. The standard InChI is InChI=1S/C15H22Cl2N2/c1-3-15(4-2)11-18-7-8-19(15)10-12-9-13(16)5-6-14(12)17/h5-6,9,18H,3-4,7-8,10-11H2,1-2H3. The van der Waals surface area contributed by atoms with Crippen molar-refractivity contribution >= 4 is 23.2 Å². The molecule has 1 aliphatic rings. The maximum absolute atomic E-state index is 6.29. The van der Waals surface area contributed by atoms with Gasteiger partial charge in [-0.25, -0.2) is 0 Å². The summed E-state index contributed by atoms with van der Waals surface area (Å²) in [4.78, 5) is 2.56. The smallest absolute Gasteiger partial charge is 0.0452 e. The molecule has 0 unspecified atom stereocenters. The van der Waals surface area contributed by atoms with E-state index in [1.807, 2.05) is 18.2 Å². The van der Waals surface area contributed by atoms with Crippen LogP contribution in [0.2, 0.25) is 10.0 Å². The Morgan fingerprint density at radius 2 is 2.00 bits per heavy atom. The summed E-state index contributed by atoms with van der Waals surface area (Å²) in [6.07, 6.45) is 2.30. The van der Waals surface area contributed by atoms with E-state index in [0.29, 0.717) is 0 Å². The maximum atomic E-state index is 6.29. The molecule has 1 saturated heterocycles. The Labute approximate surface area is 126 Å². The number of rotatable bonds is 4. The Morgan fingerprint density at radius 1 is 1.26 bits per heavy atom. The van der Waals surface area contributed by atoms with E-state index in [-0.39, 0.29) is 5.54 Å². The van der Waals surface area contributed by atoms with E-state index in [1.54, 1.807) is 0 Å². The molecule has 0 saturated carbocycles. The fraction of sp³-hybridized carbons (Fsp3) is 0.600. The first-order chi connectivity index (χ1) is 9.11. The van der Waals surface area contributed by atoms with Gasteiger partial charge in [-0.1, -0.05) is 37.0 Å². The number of hydrogen-bond acceptors (Lipinski definition) is 2. The Balaban J connectivity index is 2.22. The zero-order valence-electron chi connectivity index (χ0n) is 11.7. The highest BCUT2D eigenvalue weighted by atomic mass is 35.5. The lowest BCUT2D eigenvalue weighted by Crippen LogP contribution is -2.60. The lowest BCUT2D eigenvalue weighted by molar-refractivity contribution is 0.0448. The summed E-state index contributed by atoms with van der Waals surface area (Å²) in [5, 5.41) is 5.09. The maximum Gasteiger partial charge on any atom is 0.0452 e. The molecule has 0 spiro atoms. The van der Waals surface area contributed by atoms with Gasteiger partial charge in [-0.15, -0.1) is 0 Å². The second-order valence-electron chi connectivity index (χ2n) is 5.27. The molecule has 1 N–H and O–H groups in total. The molecule has 19 heavy (non-hydrogen) atoms. The first kappa shape index (κ1) is 15.1. The van der Waals surface area contributed by atoms with Crippen LogP contribution in [-0.2, 0) is 6.54 Å². The van der Waals surface area contributed by atoms with Crippen molar-refractivity contribution in [1.29, 1.82) is 0 Å². The van der Waals surface area contributed by atoms with Gasteiger partial charge in [0.25, 0.3) is 0 Å². The minimum Gasteiger partial charge on any atom is -0.314 e. The van der Waals surface area contributed by atoms with Gasteiger partial charge in [0.2, 0.25) is 0 Å². The van der Waals surface area contributed by atoms with E-state index in [4.69, 9.17) is 23.2 Å². The Kier molecular flexibility index (Phi) is 5.13. The summed E-state index contributed by atoms with van der Waals surface area (Å²) in [6.45, 7) is 8.57. The molecule has 1 heterocycles. The van der Waals surface area contributed by atoms with Crippen LogP contribution in [-0.4, -0.2) is 30.1 Å². The fourth-order valence-electron chi connectivity index (χ4n) is 2.95. The highest BCUT2D eigenvalue weighted by Crippen LogP contribution is 2.30. The second-order valence-corrected chi connectivity index (χ2v) is 6.11. The predicted octanol–water partition coefficient (Wildman–Crippen LogP) is 3.96. The summed E-state index contributed by atoms with van der Waals surface area (Å²) in [5.74, 6) is 0. The summed E-state index contributed by atoms with van der Waals surface area (Å²) in [6, 6.07) is 5.72. The second kappa shape index (κ2) is 6.45. The van der Waals surface area contributed by atoms with Gasteiger partial charge in [-0.05, 0) is 36.6 Å². The topological polar surface area (TPSA) is 15.3 Å². The van der Waals surface area contributed by atoms with Gasteiger partial charge >= 0.3 is 0 Å². The number of benzene rings is 1. The lowest BCUT2D eigenvalue weighted by atomic mass is 9.88. The third kappa shape index (κ3) is 3.25. The molecule has 0 aromatic heterocycles. The number of halogens is 2. The Bertz CT molecular complexity index is 430. The van der Waals surface area contributed by atoms with Crippen LogP contribution in [0.4, 0.5) is 0 Å². The van der Waals surface area contributed by atoms with Crippen LogP contribution in [0.15, 0.2) is 18.2 Å². The van der Waals surface area contributed by atoms with Crippen molar-refractivity contribution in [2.45, 2.75) is 38.8 Å². The van der Waals surface area contributed by atoms with Gasteiger partial charge in [-0.3, -0.25) is 4.90 Å². The molecule has 1 aliphatic heterocycles. The summed E-state index contributed by atoms with van der Waals surface area (Å²) >= 11 is 12.4. The molecule has 0 amide bonds. The van der Waals surface area contributed by atoms with Crippen LogP contribution in [0, 0.1) is 0 Å². The summed E-state index contributed by atoms with van der Waals surface area (Å²) in [7, 11) is 0. The third-order valence-corrected chi connectivity index (χ3v) is 4.97. The van der Waals surface area contributed by atoms with Crippen molar-refractivity contribution in [2.24, 2.45) is 0 Å². The van der Waals surface area contributed by atoms with E-state index in [0.717, 1.165) is 54.6 Å². The number of piperazine rings is 1. The van der Waals surface area contributed by atoms with Gasteiger partial charge in [0.1, 0.15) is 0 Å². The average molecular weight is 301 g/mol. The monoisotopic (exact) mass is 300 g/mol. The number of nitrogens with zero attached hydrogens (tertiary/aromatic N) is 1. The molecule has 106 valence electrons. The van der Waals surface area contributed by atoms with Crippen LogP contribution in [0.5, 0.6) is 0 Å². The predicted molar refractivity (Wildman–Crippen MR) is 83.1 cm³/mol. The van der Waals surface area contributed by atoms with Gasteiger partial charge in [0.05, 0.1) is 0 Å². The first-order valence-corrected chi connectivity index (χ1v) is 7.76. The van der Waals surface area contributed by atoms with Gasteiger partial charge in [-0.2, -0.15) is 0 Å². The van der Waals surface area contributed by atoms with E-state index in [9.17, 15) is 0 Å². The van der Waals surface area contributed by atoms with E-state index < -0.39 is 0 Å². The highest BCUT2D eigenvalue weighted by Gasteiger charge is 2.35. The zero-order valence-corrected chi connectivity index (χ0v) is 13.2. The van der Waals surface area contributed by atoms with E-state index in [2.05, 4.69) is 24.1 Å². The molecular formula is C15H22Cl2N2. The molecule has 4 heteroatoms. The molecule has 0 aliphatic carbocycles. The van der Waals surface area contributed by atoms with Gasteiger partial charge in [0.15, 0.2) is 0 Å². The van der Waals surface area contributed by atoms with E-state index in [1.165, 1.54) is 0 Å². The van der Waals surface area contributed by atoms with Crippen LogP contribution in [0.25, 0.3) is 0 Å².